The van der Waals surface area contributed by atoms with Crippen LogP contribution in [0.15, 0.2) is 18.2 Å². The van der Waals surface area contributed by atoms with Gasteiger partial charge in [0.2, 0.25) is 0 Å². The van der Waals surface area contributed by atoms with Crippen LogP contribution in [0.25, 0.3) is 0 Å². The number of benzene rings is 1. The van der Waals surface area contributed by atoms with E-state index in [0.717, 1.165) is 36.3 Å². The minimum Gasteiger partial charge on any atom is -0.493 e. The smallest absolute Gasteiger partial charge is 0.163 e. The molecule has 0 N–H and O–H groups in total. The fourth-order valence-electron chi connectivity index (χ4n) is 3.36. The molecule has 23 heavy (non-hydrogen) atoms. The summed E-state index contributed by atoms with van der Waals surface area (Å²) in [4.78, 5) is 11.7. The van der Waals surface area contributed by atoms with Gasteiger partial charge in [-0.3, -0.25) is 4.79 Å². The van der Waals surface area contributed by atoms with Crippen LogP contribution in [0.2, 0.25) is 0 Å². The van der Waals surface area contributed by atoms with Gasteiger partial charge in [-0.15, -0.1) is 0 Å². The summed E-state index contributed by atoms with van der Waals surface area (Å²) in [5.74, 6) is 1.20. The van der Waals surface area contributed by atoms with E-state index in [4.69, 9.17) is 4.74 Å². The largest absolute Gasteiger partial charge is 0.493 e. The topological polar surface area (TPSA) is 26.3 Å². The second kappa shape index (κ2) is 10.5. The van der Waals surface area contributed by atoms with E-state index in [9.17, 15) is 4.79 Å². The van der Waals surface area contributed by atoms with Crippen molar-refractivity contribution in [2.45, 2.75) is 84.0 Å². The van der Waals surface area contributed by atoms with Gasteiger partial charge in [-0.2, -0.15) is 0 Å². The maximum absolute atomic E-state index is 11.7. The van der Waals surface area contributed by atoms with Gasteiger partial charge in [-0.1, -0.05) is 76.8 Å². The number of ketones is 1. The van der Waals surface area contributed by atoms with E-state index in [1.165, 1.54) is 57.8 Å². The molecule has 0 saturated heterocycles. The number of fused-ring (bicyclic) bond motifs is 1. The number of hydrogen-bond donors (Lipinski definition) is 0. The molecule has 1 aromatic carbocycles. The third-order valence-electron chi connectivity index (χ3n) is 4.79. The Morgan fingerprint density at radius 2 is 1.52 bits per heavy atom. The lowest BCUT2D eigenvalue weighted by atomic mass is 10.1. The number of hydrogen-bond acceptors (Lipinski definition) is 2. The lowest BCUT2D eigenvalue weighted by Crippen LogP contribution is -2.00. The molecule has 0 amide bonds. The Morgan fingerprint density at radius 1 is 0.870 bits per heavy atom. The van der Waals surface area contributed by atoms with Crippen LogP contribution in [0, 0.1) is 0 Å². The van der Waals surface area contributed by atoms with Gasteiger partial charge in [0.15, 0.2) is 5.78 Å². The van der Waals surface area contributed by atoms with Gasteiger partial charge in [0.1, 0.15) is 5.75 Å². The second-order valence-electron chi connectivity index (χ2n) is 6.74. The highest BCUT2D eigenvalue weighted by atomic mass is 16.5. The molecule has 0 aliphatic heterocycles. The molecule has 2 heteroatoms. The van der Waals surface area contributed by atoms with Gasteiger partial charge >= 0.3 is 0 Å². The SMILES string of the molecule is CCCCCCCCCCCCOc1cccc2c1CCC2=O. The van der Waals surface area contributed by atoms with Crippen LogP contribution in [0.5, 0.6) is 5.75 Å². The number of carbonyl (C=O) groups is 1. The standard InChI is InChI=1S/C21H32O2/c1-2-3-4-5-6-7-8-9-10-11-17-23-21-14-12-13-18-19(21)15-16-20(18)22/h12-14H,2-11,15-17H2,1H3. The van der Waals surface area contributed by atoms with Crippen molar-refractivity contribution in [2.24, 2.45) is 0 Å². The Hall–Kier alpha value is -1.31. The molecule has 0 fully saturated rings. The van der Waals surface area contributed by atoms with Crippen LogP contribution >= 0.6 is 0 Å². The number of ether oxygens (including phenoxy) is 1. The van der Waals surface area contributed by atoms with Crippen molar-refractivity contribution in [1.29, 1.82) is 0 Å². The molecular weight excluding hydrogens is 284 g/mol. The van der Waals surface area contributed by atoms with E-state index in [1.807, 2.05) is 18.2 Å². The van der Waals surface area contributed by atoms with Crippen molar-refractivity contribution < 1.29 is 9.53 Å². The minimum absolute atomic E-state index is 0.268. The average molecular weight is 316 g/mol. The van der Waals surface area contributed by atoms with Crippen molar-refractivity contribution >= 4 is 5.78 Å². The van der Waals surface area contributed by atoms with Gasteiger partial charge in [0.05, 0.1) is 6.61 Å². The minimum atomic E-state index is 0.268. The first-order valence-corrected chi connectivity index (χ1v) is 9.61. The van der Waals surface area contributed by atoms with E-state index < -0.39 is 0 Å². The van der Waals surface area contributed by atoms with Crippen LogP contribution in [-0.2, 0) is 6.42 Å². The molecule has 0 unspecified atom stereocenters. The molecule has 0 saturated carbocycles. The van der Waals surface area contributed by atoms with Crippen LogP contribution < -0.4 is 4.74 Å². The molecule has 0 radical (unpaired) electrons. The zero-order valence-corrected chi connectivity index (χ0v) is 14.7. The molecule has 0 bridgehead atoms. The van der Waals surface area contributed by atoms with Crippen LogP contribution in [0.1, 0.15) is 93.5 Å². The first kappa shape index (κ1) is 18.0. The van der Waals surface area contributed by atoms with Crippen LogP contribution in [0.3, 0.4) is 0 Å². The first-order valence-electron chi connectivity index (χ1n) is 9.61. The van der Waals surface area contributed by atoms with Crippen molar-refractivity contribution in [2.75, 3.05) is 6.61 Å². The Balaban J connectivity index is 1.51. The van der Waals surface area contributed by atoms with Crippen LogP contribution in [-0.4, -0.2) is 12.4 Å². The predicted octanol–water partition coefficient (Wildman–Crippen LogP) is 6.12. The molecule has 1 aromatic rings. The maximum Gasteiger partial charge on any atom is 0.163 e. The summed E-state index contributed by atoms with van der Waals surface area (Å²) >= 11 is 0. The molecule has 0 atom stereocenters. The Bertz CT molecular complexity index is 479. The second-order valence-corrected chi connectivity index (χ2v) is 6.74. The molecule has 0 spiro atoms. The highest BCUT2D eigenvalue weighted by molar-refractivity contribution is 6.01. The maximum atomic E-state index is 11.7. The molecule has 0 aromatic heterocycles. The number of Topliss-reactive ketones (excluding diaryl/α,β-unsaturated/α-hetero) is 1. The monoisotopic (exact) mass is 316 g/mol. The molecular formula is C21H32O2. The average Bonchev–Trinajstić information content (AvgIpc) is 2.95. The number of carbonyl (C=O) groups excluding carboxylic acids is 1. The molecule has 128 valence electrons. The van der Waals surface area contributed by atoms with E-state index in [2.05, 4.69) is 6.92 Å². The van der Waals surface area contributed by atoms with Gasteiger partial charge in [0.25, 0.3) is 0 Å². The molecule has 2 nitrogen and oxygen atoms in total. The van der Waals surface area contributed by atoms with Gasteiger partial charge in [-0.25, -0.2) is 0 Å². The summed E-state index contributed by atoms with van der Waals surface area (Å²) in [6.07, 6.45) is 14.9. The summed E-state index contributed by atoms with van der Waals surface area (Å²) in [6, 6.07) is 5.88. The predicted molar refractivity (Wildman–Crippen MR) is 96.4 cm³/mol. The molecule has 1 aliphatic carbocycles. The molecule has 1 aliphatic rings. The van der Waals surface area contributed by atoms with E-state index >= 15 is 0 Å². The van der Waals surface area contributed by atoms with Gasteiger partial charge in [0, 0.05) is 17.5 Å². The first-order chi connectivity index (χ1) is 11.3. The van der Waals surface area contributed by atoms with Crippen molar-refractivity contribution in [3.8, 4) is 5.75 Å². The molecule has 0 heterocycles. The Labute approximate surface area is 141 Å². The number of rotatable bonds is 12. The zero-order chi connectivity index (χ0) is 16.3. The third kappa shape index (κ3) is 6.01. The van der Waals surface area contributed by atoms with E-state index in [-0.39, 0.29) is 5.78 Å². The zero-order valence-electron chi connectivity index (χ0n) is 14.7. The van der Waals surface area contributed by atoms with Gasteiger partial charge < -0.3 is 4.74 Å². The summed E-state index contributed by atoms with van der Waals surface area (Å²) < 4.78 is 5.92. The number of unbranched alkanes of at least 4 members (excludes halogenated alkanes) is 9. The lowest BCUT2D eigenvalue weighted by molar-refractivity contribution is 0.0994. The summed E-state index contributed by atoms with van der Waals surface area (Å²) in [6.45, 7) is 3.05. The summed E-state index contributed by atoms with van der Waals surface area (Å²) in [5, 5.41) is 0. The highest BCUT2D eigenvalue weighted by Gasteiger charge is 2.22. The quantitative estimate of drug-likeness (QED) is 0.434. The van der Waals surface area contributed by atoms with E-state index in [1.54, 1.807) is 0 Å². The van der Waals surface area contributed by atoms with Crippen molar-refractivity contribution in [1.82, 2.24) is 0 Å². The highest BCUT2D eigenvalue weighted by Crippen LogP contribution is 2.30. The van der Waals surface area contributed by atoms with Crippen molar-refractivity contribution in [3.63, 3.8) is 0 Å². The van der Waals surface area contributed by atoms with Crippen molar-refractivity contribution in [3.05, 3.63) is 29.3 Å². The normalized spacial score (nSPS) is 13.3. The third-order valence-corrected chi connectivity index (χ3v) is 4.79. The summed E-state index contributed by atoms with van der Waals surface area (Å²) in [5.41, 5.74) is 2.01. The lowest BCUT2D eigenvalue weighted by Gasteiger charge is -2.10. The summed E-state index contributed by atoms with van der Waals surface area (Å²) in [7, 11) is 0. The fraction of sp³-hybridized carbons (Fsp3) is 0.667. The van der Waals surface area contributed by atoms with Gasteiger partial charge in [-0.05, 0) is 18.9 Å². The fourth-order valence-corrected chi connectivity index (χ4v) is 3.36. The Morgan fingerprint density at radius 3 is 2.22 bits per heavy atom. The van der Waals surface area contributed by atoms with E-state index in [0.29, 0.717) is 6.42 Å². The Kier molecular flexibility index (Phi) is 8.20. The van der Waals surface area contributed by atoms with Crippen LogP contribution in [0.4, 0.5) is 0 Å². The molecule has 2 rings (SSSR count).